The molecule has 0 radical (unpaired) electrons. The maximum Gasteiger partial charge on any atom is 0.414 e. The van der Waals surface area contributed by atoms with Crippen molar-refractivity contribution in [3.63, 3.8) is 0 Å². The quantitative estimate of drug-likeness (QED) is 0.668. The molecule has 0 aromatic heterocycles. The highest BCUT2D eigenvalue weighted by molar-refractivity contribution is 5.70. The van der Waals surface area contributed by atoms with E-state index in [0.717, 1.165) is 5.70 Å². The summed E-state index contributed by atoms with van der Waals surface area (Å²) in [4.78, 5) is 13.5. The largest absolute Gasteiger partial charge is 0.443 e. The van der Waals surface area contributed by atoms with Gasteiger partial charge in [0.2, 0.25) is 0 Å². The number of amides is 1. The molecule has 0 fully saturated rings. The van der Waals surface area contributed by atoms with Crippen molar-refractivity contribution in [3.8, 4) is 0 Å². The lowest BCUT2D eigenvalue weighted by atomic mass is 10.2. The molecule has 1 unspecified atom stereocenters. The van der Waals surface area contributed by atoms with Crippen LogP contribution in [0.3, 0.4) is 0 Å². The monoisotopic (exact) mass is 212 g/mol. The minimum Gasteiger partial charge on any atom is -0.443 e. The molecule has 1 atom stereocenters. The number of nitrogens with one attached hydrogen (secondary N) is 1. The highest BCUT2D eigenvalue weighted by Crippen LogP contribution is 2.15. The van der Waals surface area contributed by atoms with Crippen LogP contribution in [0.4, 0.5) is 4.79 Å². The van der Waals surface area contributed by atoms with Crippen molar-refractivity contribution in [1.29, 1.82) is 0 Å². The number of allylic oxidation sites excluding steroid dienone is 1. The van der Waals surface area contributed by atoms with Gasteiger partial charge >= 0.3 is 6.09 Å². The van der Waals surface area contributed by atoms with Gasteiger partial charge in [0.1, 0.15) is 5.60 Å². The van der Waals surface area contributed by atoms with E-state index in [1.165, 1.54) is 0 Å². The van der Waals surface area contributed by atoms with E-state index in [1.54, 1.807) is 4.90 Å². The van der Waals surface area contributed by atoms with Gasteiger partial charge < -0.3 is 10.1 Å². The number of rotatable bonds is 0. The Kier molecular flexibility index (Phi) is 3.27. The average Bonchev–Trinajstić information content (AvgIpc) is 2.06. The van der Waals surface area contributed by atoms with Crippen LogP contribution in [-0.4, -0.2) is 29.2 Å². The van der Waals surface area contributed by atoms with Gasteiger partial charge in [-0.15, -0.1) is 0 Å². The zero-order chi connectivity index (χ0) is 11.6. The third-order valence-electron chi connectivity index (χ3n) is 2.07. The molecule has 0 saturated carbocycles. The molecule has 86 valence electrons. The van der Waals surface area contributed by atoms with Crippen molar-refractivity contribution in [2.24, 2.45) is 0 Å². The molecule has 1 heterocycles. The summed E-state index contributed by atoms with van der Waals surface area (Å²) in [5.41, 5.74) is 0.452. The Hall–Kier alpha value is -1.19. The second-order valence-corrected chi connectivity index (χ2v) is 4.94. The lowest BCUT2D eigenvalue weighted by Crippen LogP contribution is -2.46. The normalized spacial score (nSPS) is 21.8. The average molecular weight is 212 g/mol. The lowest BCUT2D eigenvalue weighted by molar-refractivity contribution is 0.0291. The van der Waals surface area contributed by atoms with Crippen molar-refractivity contribution in [2.75, 3.05) is 6.54 Å². The summed E-state index contributed by atoms with van der Waals surface area (Å²) in [7, 11) is 0. The smallest absolute Gasteiger partial charge is 0.414 e. The van der Waals surface area contributed by atoms with E-state index < -0.39 is 5.60 Å². The van der Waals surface area contributed by atoms with Gasteiger partial charge in [-0.25, -0.2) is 4.79 Å². The molecule has 1 rings (SSSR count). The van der Waals surface area contributed by atoms with Crippen LogP contribution < -0.4 is 5.32 Å². The predicted octanol–water partition coefficient (Wildman–Crippen LogP) is 2.08. The Morgan fingerprint density at radius 1 is 1.60 bits per heavy atom. The number of carbonyl (C=O) groups excluding carboxylic acids is 1. The second-order valence-electron chi connectivity index (χ2n) is 4.94. The van der Waals surface area contributed by atoms with Crippen molar-refractivity contribution >= 4 is 6.09 Å². The molecule has 4 nitrogen and oxygen atoms in total. The molecule has 0 saturated heterocycles. The van der Waals surface area contributed by atoms with Gasteiger partial charge in [0.15, 0.2) is 0 Å². The molecule has 1 aliphatic heterocycles. The molecule has 4 heteroatoms. The molecular weight excluding hydrogens is 192 g/mol. The Labute approximate surface area is 91.3 Å². The van der Waals surface area contributed by atoms with E-state index in [0.29, 0.717) is 6.54 Å². The minimum absolute atomic E-state index is 0.265. The summed E-state index contributed by atoms with van der Waals surface area (Å²) in [5, 5.41) is 3.17. The molecule has 15 heavy (non-hydrogen) atoms. The topological polar surface area (TPSA) is 41.6 Å². The first-order chi connectivity index (χ1) is 6.79. The zero-order valence-electron chi connectivity index (χ0n) is 10.1. The van der Waals surface area contributed by atoms with Crippen LogP contribution in [0.1, 0.15) is 34.6 Å². The fourth-order valence-electron chi connectivity index (χ4n) is 1.35. The minimum atomic E-state index is -0.439. The first kappa shape index (κ1) is 11.9. The number of carbonyl (C=O) groups is 1. The van der Waals surface area contributed by atoms with Crippen LogP contribution in [0.5, 0.6) is 0 Å². The Morgan fingerprint density at radius 2 is 2.20 bits per heavy atom. The van der Waals surface area contributed by atoms with Crippen LogP contribution in [0, 0.1) is 0 Å². The van der Waals surface area contributed by atoms with Gasteiger partial charge in [-0.05, 0) is 34.6 Å². The van der Waals surface area contributed by atoms with Crippen molar-refractivity contribution in [1.82, 2.24) is 10.2 Å². The van der Waals surface area contributed by atoms with E-state index in [1.807, 2.05) is 40.8 Å². The number of nitrogens with zero attached hydrogens (tertiary/aromatic N) is 1. The fourth-order valence-corrected chi connectivity index (χ4v) is 1.35. The third-order valence-corrected chi connectivity index (χ3v) is 2.07. The predicted molar refractivity (Wildman–Crippen MR) is 59.3 cm³/mol. The molecule has 0 aromatic rings. The van der Waals surface area contributed by atoms with Crippen LogP contribution >= 0.6 is 0 Å². The van der Waals surface area contributed by atoms with E-state index in [4.69, 9.17) is 4.74 Å². The highest BCUT2D eigenvalue weighted by Gasteiger charge is 2.26. The Balaban J connectivity index is 2.67. The second kappa shape index (κ2) is 4.13. The summed E-state index contributed by atoms with van der Waals surface area (Å²) in [6, 6.07) is 0.265. The number of hydrogen-bond donors (Lipinski definition) is 1. The van der Waals surface area contributed by atoms with Crippen LogP contribution in [0.2, 0.25) is 0 Å². The van der Waals surface area contributed by atoms with E-state index >= 15 is 0 Å². The number of ether oxygens (including phenoxy) is 1. The molecule has 0 aromatic carbocycles. The maximum atomic E-state index is 11.8. The summed E-state index contributed by atoms with van der Waals surface area (Å²) in [6.07, 6.45) is 1.57. The van der Waals surface area contributed by atoms with Gasteiger partial charge in [-0.1, -0.05) is 0 Å². The van der Waals surface area contributed by atoms with Gasteiger partial charge in [0.05, 0.1) is 0 Å². The Morgan fingerprint density at radius 3 is 2.73 bits per heavy atom. The number of hydrogen-bond acceptors (Lipinski definition) is 3. The van der Waals surface area contributed by atoms with Crippen LogP contribution in [0.15, 0.2) is 11.9 Å². The van der Waals surface area contributed by atoms with E-state index in [9.17, 15) is 4.79 Å². The van der Waals surface area contributed by atoms with Crippen molar-refractivity contribution < 1.29 is 9.53 Å². The van der Waals surface area contributed by atoms with E-state index in [-0.39, 0.29) is 12.1 Å². The van der Waals surface area contributed by atoms with Crippen molar-refractivity contribution in [3.05, 3.63) is 11.9 Å². The fraction of sp³-hybridized carbons (Fsp3) is 0.727. The van der Waals surface area contributed by atoms with Crippen molar-refractivity contribution in [2.45, 2.75) is 46.3 Å². The van der Waals surface area contributed by atoms with Crippen LogP contribution in [-0.2, 0) is 4.74 Å². The summed E-state index contributed by atoms with van der Waals surface area (Å²) in [6.45, 7) is 10.2. The van der Waals surface area contributed by atoms with Gasteiger partial charge in [0, 0.05) is 24.5 Å². The lowest BCUT2D eigenvalue weighted by Gasteiger charge is -2.32. The third kappa shape index (κ3) is 3.46. The Bertz CT molecular complexity index is 279. The first-order valence-corrected chi connectivity index (χ1v) is 5.23. The molecular formula is C11H20N2O2. The SMILES string of the molecule is CC1=CNC(C)CN1C(=O)OC(C)(C)C. The summed E-state index contributed by atoms with van der Waals surface area (Å²) >= 11 is 0. The highest BCUT2D eigenvalue weighted by atomic mass is 16.6. The molecule has 0 aliphatic carbocycles. The molecule has 1 amide bonds. The summed E-state index contributed by atoms with van der Waals surface area (Å²) in [5.74, 6) is 0. The first-order valence-electron chi connectivity index (χ1n) is 5.23. The maximum absolute atomic E-state index is 11.8. The molecule has 1 aliphatic rings. The van der Waals surface area contributed by atoms with Gasteiger partial charge in [0.25, 0.3) is 0 Å². The van der Waals surface area contributed by atoms with Crippen LogP contribution in [0.25, 0.3) is 0 Å². The molecule has 0 bridgehead atoms. The standard InChI is InChI=1S/C11H20N2O2/c1-8-7-13(9(2)6-12-8)10(14)15-11(3,4)5/h6,8,12H,7H2,1-5H3. The van der Waals surface area contributed by atoms with E-state index in [2.05, 4.69) is 5.32 Å². The molecule has 0 spiro atoms. The molecule has 1 N–H and O–H groups in total. The van der Waals surface area contributed by atoms with Gasteiger partial charge in [-0.3, -0.25) is 4.90 Å². The zero-order valence-corrected chi connectivity index (χ0v) is 10.1. The van der Waals surface area contributed by atoms with Gasteiger partial charge in [-0.2, -0.15) is 0 Å². The summed E-state index contributed by atoms with van der Waals surface area (Å²) < 4.78 is 5.31.